The van der Waals surface area contributed by atoms with Gasteiger partial charge in [-0.05, 0) is 13.0 Å². The maximum atomic E-state index is 10.8. The molecule has 0 aliphatic rings. The first-order valence-corrected chi connectivity index (χ1v) is 6.05. The third-order valence-corrected chi connectivity index (χ3v) is 2.28. The van der Waals surface area contributed by atoms with E-state index in [-0.39, 0.29) is 18.0 Å². The minimum Gasteiger partial charge on any atom is -0.487 e. The molecule has 0 aromatic heterocycles. The van der Waals surface area contributed by atoms with E-state index in [0.717, 1.165) is 0 Å². The van der Waals surface area contributed by atoms with Gasteiger partial charge in [-0.3, -0.25) is 14.9 Å². The number of nitrogens with one attached hydrogen (secondary N) is 1. The third-order valence-electron chi connectivity index (χ3n) is 2.28. The standard InChI is InChI=1S/C12H17N3O5/c1-2-20-11-7-9(3-4-10(11)15(17)18)14-5-6-19-8-12(13)16/h3-4,7,14H,2,5-6,8H2,1H3,(H2,13,16). The molecule has 8 heteroatoms. The van der Waals surface area contributed by atoms with Crippen LogP contribution in [0.15, 0.2) is 18.2 Å². The summed E-state index contributed by atoms with van der Waals surface area (Å²) in [5.41, 5.74) is 5.51. The molecule has 0 saturated heterocycles. The largest absolute Gasteiger partial charge is 0.487 e. The highest BCUT2D eigenvalue weighted by molar-refractivity contribution is 5.74. The minimum absolute atomic E-state index is 0.0811. The van der Waals surface area contributed by atoms with Crippen LogP contribution >= 0.6 is 0 Å². The lowest BCUT2D eigenvalue weighted by Crippen LogP contribution is -2.20. The number of hydrogen-bond donors (Lipinski definition) is 2. The van der Waals surface area contributed by atoms with Crippen LogP contribution in [0.3, 0.4) is 0 Å². The van der Waals surface area contributed by atoms with Crippen molar-refractivity contribution in [3.63, 3.8) is 0 Å². The van der Waals surface area contributed by atoms with E-state index in [4.69, 9.17) is 15.2 Å². The van der Waals surface area contributed by atoms with E-state index in [1.54, 1.807) is 19.1 Å². The molecule has 1 rings (SSSR count). The lowest BCUT2D eigenvalue weighted by Gasteiger charge is -2.09. The molecule has 1 aromatic carbocycles. The van der Waals surface area contributed by atoms with Gasteiger partial charge < -0.3 is 20.5 Å². The number of nitro benzene ring substituents is 1. The summed E-state index contributed by atoms with van der Waals surface area (Å²) in [6.07, 6.45) is 0. The van der Waals surface area contributed by atoms with Gasteiger partial charge in [0.25, 0.3) is 0 Å². The van der Waals surface area contributed by atoms with Crippen LogP contribution in [-0.2, 0) is 9.53 Å². The number of hydrogen-bond acceptors (Lipinski definition) is 6. The summed E-state index contributed by atoms with van der Waals surface area (Å²) in [5.74, 6) is -0.320. The van der Waals surface area contributed by atoms with Crippen molar-refractivity contribution in [2.75, 3.05) is 31.7 Å². The fourth-order valence-corrected chi connectivity index (χ4v) is 1.49. The predicted molar refractivity (Wildman–Crippen MR) is 72.8 cm³/mol. The maximum absolute atomic E-state index is 10.8. The number of anilines is 1. The number of rotatable bonds is 9. The number of nitrogens with two attached hydrogens (primary N) is 1. The third kappa shape index (κ3) is 5.11. The average Bonchev–Trinajstić information content (AvgIpc) is 2.38. The van der Waals surface area contributed by atoms with Gasteiger partial charge in [-0.15, -0.1) is 0 Å². The molecule has 8 nitrogen and oxygen atoms in total. The lowest BCUT2D eigenvalue weighted by atomic mass is 10.2. The van der Waals surface area contributed by atoms with Gasteiger partial charge >= 0.3 is 5.69 Å². The molecule has 0 spiro atoms. The van der Waals surface area contributed by atoms with Gasteiger partial charge in [0.2, 0.25) is 5.91 Å². The van der Waals surface area contributed by atoms with Gasteiger partial charge in [0.15, 0.2) is 5.75 Å². The summed E-state index contributed by atoms with van der Waals surface area (Å²) in [6, 6.07) is 4.50. The maximum Gasteiger partial charge on any atom is 0.311 e. The fraction of sp³-hybridized carbons (Fsp3) is 0.417. The van der Waals surface area contributed by atoms with Crippen molar-refractivity contribution in [2.24, 2.45) is 5.73 Å². The lowest BCUT2D eigenvalue weighted by molar-refractivity contribution is -0.385. The van der Waals surface area contributed by atoms with Crippen molar-refractivity contribution in [1.82, 2.24) is 0 Å². The number of primary amides is 1. The predicted octanol–water partition coefficient (Wildman–Crippen LogP) is 0.907. The summed E-state index contributed by atoms with van der Waals surface area (Å²) < 4.78 is 10.2. The highest BCUT2D eigenvalue weighted by Gasteiger charge is 2.15. The van der Waals surface area contributed by atoms with Crippen molar-refractivity contribution >= 4 is 17.3 Å². The molecule has 0 bridgehead atoms. The number of benzene rings is 1. The van der Waals surface area contributed by atoms with E-state index >= 15 is 0 Å². The zero-order chi connectivity index (χ0) is 15.0. The van der Waals surface area contributed by atoms with E-state index in [9.17, 15) is 14.9 Å². The second-order valence-corrected chi connectivity index (χ2v) is 3.82. The van der Waals surface area contributed by atoms with Crippen molar-refractivity contribution in [2.45, 2.75) is 6.92 Å². The van der Waals surface area contributed by atoms with Gasteiger partial charge in [0.05, 0.1) is 18.1 Å². The molecule has 1 aromatic rings. The Labute approximate surface area is 116 Å². The van der Waals surface area contributed by atoms with E-state index in [1.807, 2.05) is 0 Å². The molecule has 0 aliphatic carbocycles. The second-order valence-electron chi connectivity index (χ2n) is 3.82. The molecular formula is C12H17N3O5. The summed E-state index contributed by atoms with van der Waals surface area (Å²) in [6.45, 7) is 2.69. The topological polar surface area (TPSA) is 117 Å². The van der Waals surface area contributed by atoms with E-state index in [0.29, 0.717) is 25.4 Å². The van der Waals surface area contributed by atoms with Gasteiger partial charge in [-0.1, -0.05) is 0 Å². The molecule has 20 heavy (non-hydrogen) atoms. The number of amides is 1. The Bertz CT molecular complexity index is 478. The molecular weight excluding hydrogens is 266 g/mol. The van der Waals surface area contributed by atoms with Crippen LogP contribution in [0.25, 0.3) is 0 Å². The van der Waals surface area contributed by atoms with Crippen LogP contribution < -0.4 is 15.8 Å². The Kier molecular flexibility index (Phi) is 6.24. The normalized spacial score (nSPS) is 10.1. The van der Waals surface area contributed by atoms with E-state index in [1.165, 1.54) is 6.07 Å². The smallest absolute Gasteiger partial charge is 0.311 e. The Balaban J connectivity index is 2.56. The SMILES string of the molecule is CCOc1cc(NCCOCC(N)=O)ccc1[N+](=O)[O-]. The molecule has 0 fully saturated rings. The van der Waals surface area contributed by atoms with Crippen LogP contribution in [0.2, 0.25) is 0 Å². The summed E-state index contributed by atoms with van der Waals surface area (Å²) in [4.78, 5) is 20.8. The Morgan fingerprint density at radius 1 is 1.50 bits per heavy atom. The van der Waals surface area contributed by atoms with E-state index in [2.05, 4.69) is 5.32 Å². The number of nitro groups is 1. The molecule has 110 valence electrons. The monoisotopic (exact) mass is 283 g/mol. The van der Waals surface area contributed by atoms with Crippen LogP contribution in [0.4, 0.5) is 11.4 Å². The van der Waals surface area contributed by atoms with Crippen molar-refractivity contribution in [1.29, 1.82) is 0 Å². The molecule has 0 radical (unpaired) electrons. The zero-order valence-corrected chi connectivity index (χ0v) is 11.1. The van der Waals surface area contributed by atoms with Crippen molar-refractivity contribution < 1.29 is 19.2 Å². The van der Waals surface area contributed by atoms with Crippen LogP contribution in [-0.4, -0.2) is 37.2 Å². The summed E-state index contributed by atoms with van der Waals surface area (Å²) in [5, 5.41) is 13.8. The van der Waals surface area contributed by atoms with Crippen molar-refractivity contribution in [3.05, 3.63) is 28.3 Å². The number of carbonyl (C=O) groups excluding carboxylic acids is 1. The highest BCUT2D eigenvalue weighted by atomic mass is 16.6. The number of ether oxygens (including phenoxy) is 2. The van der Waals surface area contributed by atoms with Gasteiger partial charge in [0.1, 0.15) is 6.61 Å². The van der Waals surface area contributed by atoms with Gasteiger partial charge in [-0.2, -0.15) is 0 Å². The van der Waals surface area contributed by atoms with Crippen LogP contribution in [0, 0.1) is 10.1 Å². The fourth-order valence-electron chi connectivity index (χ4n) is 1.49. The van der Waals surface area contributed by atoms with Gasteiger partial charge in [0, 0.05) is 24.4 Å². The molecule has 0 saturated carbocycles. The van der Waals surface area contributed by atoms with Crippen LogP contribution in [0.5, 0.6) is 5.75 Å². The number of nitrogens with zero attached hydrogens (tertiary/aromatic N) is 1. The molecule has 1 amide bonds. The summed E-state index contributed by atoms with van der Waals surface area (Å²) in [7, 11) is 0. The Hall–Kier alpha value is -2.35. The first-order valence-electron chi connectivity index (χ1n) is 6.05. The first kappa shape index (κ1) is 15.7. The van der Waals surface area contributed by atoms with Crippen LogP contribution in [0.1, 0.15) is 6.92 Å². The highest BCUT2D eigenvalue weighted by Crippen LogP contribution is 2.29. The molecule has 0 atom stereocenters. The molecule has 3 N–H and O–H groups in total. The van der Waals surface area contributed by atoms with Crippen molar-refractivity contribution in [3.8, 4) is 5.75 Å². The Morgan fingerprint density at radius 2 is 2.25 bits per heavy atom. The van der Waals surface area contributed by atoms with Gasteiger partial charge in [-0.25, -0.2) is 0 Å². The molecule has 0 unspecified atom stereocenters. The molecule has 0 aliphatic heterocycles. The molecule has 0 heterocycles. The average molecular weight is 283 g/mol. The second kappa shape index (κ2) is 7.95. The van der Waals surface area contributed by atoms with E-state index < -0.39 is 10.8 Å². The zero-order valence-electron chi connectivity index (χ0n) is 11.1. The quantitative estimate of drug-likeness (QED) is 0.395. The minimum atomic E-state index is -0.529. The first-order chi connectivity index (χ1) is 9.54. The number of carbonyl (C=O) groups is 1. The Morgan fingerprint density at radius 3 is 2.85 bits per heavy atom. The summed E-state index contributed by atoms with van der Waals surface area (Å²) >= 11 is 0.